The summed E-state index contributed by atoms with van der Waals surface area (Å²) in [5.74, 6) is 6.76. The first-order chi connectivity index (χ1) is 17.8. The molecule has 8 heteroatoms. The Labute approximate surface area is 226 Å². The van der Waals surface area contributed by atoms with Gasteiger partial charge in [-0.2, -0.15) is 0 Å². The van der Waals surface area contributed by atoms with E-state index in [0.29, 0.717) is 27.0 Å². The smallest absolute Gasteiger partial charge is 0.337 e. The van der Waals surface area contributed by atoms with E-state index in [9.17, 15) is 4.79 Å². The van der Waals surface area contributed by atoms with Gasteiger partial charge in [-0.05, 0) is 73.0 Å². The number of ether oxygens (including phenoxy) is 2. The molecule has 1 aromatic heterocycles. The van der Waals surface area contributed by atoms with Gasteiger partial charge in [-0.3, -0.25) is 0 Å². The number of aromatic nitrogens is 3. The van der Waals surface area contributed by atoms with Gasteiger partial charge in [0.2, 0.25) is 0 Å². The Morgan fingerprint density at radius 3 is 2.35 bits per heavy atom. The molecule has 6 nitrogen and oxygen atoms in total. The molecule has 0 saturated heterocycles. The Morgan fingerprint density at radius 1 is 1.03 bits per heavy atom. The summed E-state index contributed by atoms with van der Waals surface area (Å²) >= 11 is 12.9. The van der Waals surface area contributed by atoms with Crippen molar-refractivity contribution in [3.8, 4) is 23.3 Å². The van der Waals surface area contributed by atoms with Crippen molar-refractivity contribution in [2.75, 3.05) is 7.11 Å². The number of methoxy groups -OCH3 is 1. The number of carbonyl (C=O) groups is 1. The number of hydrogen-bond acceptors (Lipinski definition) is 5. The zero-order valence-electron chi connectivity index (χ0n) is 20.9. The largest absolute Gasteiger partial charge is 0.487 e. The van der Waals surface area contributed by atoms with Crippen molar-refractivity contribution in [2.45, 2.75) is 33.3 Å². The maximum Gasteiger partial charge on any atom is 0.337 e. The Kier molecular flexibility index (Phi) is 8.17. The minimum absolute atomic E-state index is 0.134. The molecular formula is C29H25Cl2N3O3. The number of aryl methyl sites for hydroxylation is 1. The van der Waals surface area contributed by atoms with Crippen LogP contribution < -0.4 is 4.74 Å². The number of hydrogen-bond donors (Lipinski definition) is 0. The minimum atomic E-state index is -0.375. The number of benzene rings is 3. The third kappa shape index (κ3) is 5.96. The summed E-state index contributed by atoms with van der Waals surface area (Å²) in [5.41, 5.74) is 5.30. The predicted molar refractivity (Wildman–Crippen MR) is 145 cm³/mol. The molecule has 0 aliphatic rings. The quantitative estimate of drug-likeness (QED) is 0.202. The maximum absolute atomic E-state index is 11.6. The second-order valence-electron chi connectivity index (χ2n) is 8.64. The van der Waals surface area contributed by atoms with Gasteiger partial charge in [-0.25, -0.2) is 9.48 Å². The van der Waals surface area contributed by atoms with E-state index >= 15 is 0 Å². The van der Waals surface area contributed by atoms with E-state index in [1.807, 2.05) is 39.0 Å². The molecule has 0 aliphatic carbocycles. The van der Waals surface area contributed by atoms with Crippen LogP contribution in [0.15, 0.2) is 60.7 Å². The third-order valence-corrected chi connectivity index (χ3v) is 6.32. The van der Waals surface area contributed by atoms with Crippen LogP contribution >= 0.6 is 23.2 Å². The van der Waals surface area contributed by atoms with Gasteiger partial charge in [0.05, 0.1) is 28.4 Å². The highest BCUT2D eigenvalue weighted by Crippen LogP contribution is 2.31. The van der Waals surface area contributed by atoms with Crippen LogP contribution in [0.1, 0.15) is 58.2 Å². The Bertz CT molecular complexity index is 1480. The van der Waals surface area contributed by atoms with Gasteiger partial charge in [-0.15, -0.1) is 5.10 Å². The molecule has 0 atom stereocenters. The van der Waals surface area contributed by atoms with E-state index in [1.165, 1.54) is 7.11 Å². The van der Waals surface area contributed by atoms with Crippen LogP contribution in [0.2, 0.25) is 10.0 Å². The predicted octanol–water partition coefficient (Wildman–Crippen LogP) is 6.77. The van der Waals surface area contributed by atoms with E-state index in [2.05, 4.69) is 22.2 Å². The third-order valence-electron chi connectivity index (χ3n) is 5.71. The van der Waals surface area contributed by atoms with Gasteiger partial charge >= 0.3 is 5.97 Å². The van der Waals surface area contributed by atoms with Crippen LogP contribution in [0.25, 0.3) is 5.69 Å². The first kappa shape index (κ1) is 26.3. The first-order valence-electron chi connectivity index (χ1n) is 11.6. The lowest BCUT2D eigenvalue weighted by Crippen LogP contribution is -2.09. The molecule has 188 valence electrons. The topological polar surface area (TPSA) is 66.2 Å². The number of esters is 1. The molecular weight excluding hydrogens is 509 g/mol. The van der Waals surface area contributed by atoms with Crippen molar-refractivity contribution in [3.05, 3.63) is 104 Å². The zero-order chi connectivity index (χ0) is 26.5. The Morgan fingerprint density at radius 2 is 1.73 bits per heavy atom. The molecule has 3 aromatic carbocycles. The molecule has 4 rings (SSSR count). The summed E-state index contributed by atoms with van der Waals surface area (Å²) < 4.78 is 12.5. The molecule has 0 bridgehead atoms. The van der Waals surface area contributed by atoms with Gasteiger partial charge in [-0.1, -0.05) is 60.2 Å². The monoisotopic (exact) mass is 533 g/mol. The van der Waals surface area contributed by atoms with Crippen LogP contribution in [0.3, 0.4) is 0 Å². The number of para-hydroxylation sites is 1. The van der Waals surface area contributed by atoms with Crippen molar-refractivity contribution in [2.24, 2.45) is 0 Å². The maximum atomic E-state index is 11.6. The van der Waals surface area contributed by atoms with E-state index < -0.39 is 0 Å². The van der Waals surface area contributed by atoms with E-state index in [-0.39, 0.29) is 18.5 Å². The molecule has 0 aliphatic heterocycles. The van der Waals surface area contributed by atoms with Crippen molar-refractivity contribution in [3.63, 3.8) is 0 Å². The van der Waals surface area contributed by atoms with Gasteiger partial charge in [0.1, 0.15) is 23.7 Å². The first-order valence-corrected chi connectivity index (χ1v) is 12.4. The summed E-state index contributed by atoms with van der Waals surface area (Å²) in [5, 5.41) is 9.64. The fourth-order valence-electron chi connectivity index (χ4n) is 3.73. The Balaban J connectivity index is 1.54. The number of carbonyl (C=O) groups excluding carboxylic acids is 1. The molecule has 0 amide bonds. The van der Waals surface area contributed by atoms with Crippen molar-refractivity contribution >= 4 is 29.2 Å². The second kappa shape index (κ2) is 11.5. The van der Waals surface area contributed by atoms with Gasteiger partial charge in [0.15, 0.2) is 0 Å². The fourth-order valence-corrected chi connectivity index (χ4v) is 4.29. The number of rotatable bonds is 6. The van der Waals surface area contributed by atoms with Crippen molar-refractivity contribution in [1.29, 1.82) is 0 Å². The average Bonchev–Trinajstić information content (AvgIpc) is 3.30. The standard InChI is InChI=1S/C29H25Cl2N3O3/c1-18(2)27-26(34(33-32-27)28-24(30)6-5-7-25(28)31)17-37-23-15-14-21(19(3)16-23)11-8-20-9-12-22(13-10-20)29(35)36-4/h5-7,9-10,12-16,18H,17H2,1-4H3. The van der Waals surface area contributed by atoms with Crippen LogP contribution in [-0.4, -0.2) is 28.1 Å². The van der Waals surface area contributed by atoms with E-state index in [1.54, 1.807) is 47.1 Å². The summed E-state index contributed by atoms with van der Waals surface area (Å²) in [6.07, 6.45) is 0. The summed E-state index contributed by atoms with van der Waals surface area (Å²) in [6.45, 7) is 6.31. The number of nitrogens with zero attached hydrogens (tertiary/aromatic N) is 3. The van der Waals surface area contributed by atoms with Gasteiger partial charge < -0.3 is 9.47 Å². The summed E-state index contributed by atoms with van der Waals surface area (Å²) in [7, 11) is 1.36. The fraction of sp³-hybridized carbons (Fsp3) is 0.207. The minimum Gasteiger partial charge on any atom is -0.487 e. The zero-order valence-corrected chi connectivity index (χ0v) is 22.4. The highest BCUT2D eigenvalue weighted by Gasteiger charge is 2.21. The lowest BCUT2D eigenvalue weighted by atomic mass is 10.1. The molecule has 0 fully saturated rings. The summed E-state index contributed by atoms with van der Waals surface area (Å²) in [4.78, 5) is 11.6. The highest BCUT2D eigenvalue weighted by atomic mass is 35.5. The van der Waals surface area contributed by atoms with Crippen molar-refractivity contribution in [1.82, 2.24) is 15.0 Å². The highest BCUT2D eigenvalue weighted by molar-refractivity contribution is 6.37. The van der Waals surface area contributed by atoms with E-state index in [0.717, 1.165) is 28.1 Å². The molecule has 0 spiro atoms. The van der Waals surface area contributed by atoms with E-state index in [4.69, 9.17) is 32.7 Å². The van der Waals surface area contributed by atoms with Crippen LogP contribution in [0.5, 0.6) is 5.75 Å². The molecule has 0 unspecified atom stereocenters. The lowest BCUT2D eigenvalue weighted by Gasteiger charge is -2.14. The van der Waals surface area contributed by atoms with Crippen molar-refractivity contribution < 1.29 is 14.3 Å². The normalized spacial score (nSPS) is 10.7. The molecule has 0 radical (unpaired) electrons. The molecule has 37 heavy (non-hydrogen) atoms. The molecule has 1 heterocycles. The SMILES string of the molecule is COC(=O)c1ccc(C#Cc2ccc(OCc3c(C(C)C)nnn3-c3c(Cl)cccc3Cl)cc2C)cc1. The molecule has 0 N–H and O–H groups in total. The average molecular weight is 534 g/mol. The Hall–Kier alpha value is -3.79. The second-order valence-corrected chi connectivity index (χ2v) is 9.46. The van der Waals surface area contributed by atoms with Crippen LogP contribution in [-0.2, 0) is 11.3 Å². The molecule has 0 saturated carbocycles. The summed E-state index contributed by atoms with van der Waals surface area (Å²) in [6, 6.07) is 18.0. The van der Waals surface area contributed by atoms with Gasteiger partial charge in [0, 0.05) is 11.1 Å². The molecule has 4 aromatic rings. The van der Waals surface area contributed by atoms with Crippen LogP contribution in [0.4, 0.5) is 0 Å². The number of halogens is 2. The lowest BCUT2D eigenvalue weighted by molar-refractivity contribution is 0.0600. The van der Waals surface area contributed by atoms with Gasteiger partial charge in [0.25, 0.3) is 0 Å². The van der Waals surface area contributed by atoms with Crippen LogP contribution in [0, 0.1) is 18.8 Å².